The first kappa shape index (κ1) is 20.9. The van der Waals surface area contributed by atoms with E-state index in [1.54, 1.807) is 11.8 Å². The molecule has 0 radical (unpaired) electrons. The van der Waals surface area contributed by atoms with Crippen LogP contribution in [0.3, 0.4) is 0 Å². The Morgan fingerprint density at radius 3 is 2.53 bits per heavy atom. The van der Waals surface area contributed by atoms with Crippen LogP contribution in [0.25, 0.3) is 21.3 Å². The van der Waals surface area contributed by atoms with Gasteiger partial charge in [-0.3, -0.25) is 9.80 Å². The maximum Gasteiger partial charge on any atom is 0.330 e. The second-order valence-corrected chi connectivity index (χ2v) is 10.8. The normalized spacial score (nSPS) is 15.0. The molecule has 2 aromatic heterocycles. The minimum absolute atomic E-state index is 0.0199. The predicted octanol–water partition coefficient (Wildman–Crippen LogP) is 3.61. The maximum atomic E-state index is 13.2. The number of carbonyl (C=O) groups excluding carboxylic acids is 1. The van der Waals surface area contributed by atoms with E-state index in [9.17, 15) is 13.2 Å². The van der Waals surface area contributed by atoms with Gasteiger partial charge in [-0.15, -0.1) is 5.10 Å². The SMILES string of the molecule is Cc1nc(N2CCCN(c3ccc(-c4cccc5nnsc45)cc3)C2=O)sc1S(N)(=O)=O. The summed E-state index contributed by atoms with van der Waals surface area (Å²) in [4.78, 5) is 20.7. The molecule has 164 valence electrons. The Kier molecular flexibility index (Phi) is 5.16. The van der Waals surface area contributed by atoms with Crippen LogP contribution in [0.4, 0.5) is 15.6 Å². The zero-order chi connectivity index (χ0) is 22.5. The second kappa shape index (κ2) is 7.89. The van der Waals surface area contributed by atoms with Crippen molar-refractivity contribution in [3.8, 4) is 11.1 Å². The molecule has 2 aromatic carbocycles. The van der Waals surface area contributed by atoms with Crippen molar-refractivity contribution in [3.05, 3.63) is 48.2 Å². The summed E-state index contributed by atoms with van der Waals surface area (Å²) in [7, 11) is -3.88. The zero-order valence-corrected chi connectivity index (χ0v) is 19.4. The first-order chi connectivity index (χ1) is 15.3. The number of sulfonamides is 1. The average Bonchev–Trinajstić information content (AvgIpc) is 3.40. The Bertz CT molecular complexity index is 1430. The summed E-state index contributed by atoms with van der Waals surface area (Å²) in [5, 5.41) is 9.73. The Morgan fingerprint density at radius 1 is 1.06 bits per heavy atom. The topological polar surface area (TPSA) is 122 Å². The van der Waals surface area contributed by atoms with Crippen LogP contribution in [-0.4, -0.2) is 42.1 Å². The number of carbonyl (C=O) groups is 1. The van der Waals surface area contributed by atoms with Crippen LogP contribution in [0, 0.1) is 6.92 Å². The Hall–Kier alpha value is -2.93. The van der Waals surface area contributed by atoms with E-state index in [0.717, 1.165) is 44.8 Å². The highest BCUT2D eigenvalue weighted by molar-refractivity contribution is 7.91. The van der Waals surface area contributed by atoms with Gasteiger partial charge in [-0.05, 0) is 48.6 Å². The summed E-state index contributed by atoms with van der Waals surface area (Å²) >= 11 is 2.27. The number of aryl methyl sites for hydroxylation is 1. The average molecular weight is 487 g/mol. The summed E-state index contributed by atoms with van der Waals surface area (Å²) in [6.45, 7) is 2.60. The van der Waals surface area contributed by atoms with Crippen LogP contribution >= 0.6 is 22.9 Å². The molecule has 1 aliphatic heterocycles. The van der Waals surface area contributed by atoms with Crippen LogP contribution in [0.2, 0.25) is 0 Å². The number of thiazole rings is 1. The van der Waals surface area contributed by atoms with Crippen molar-refractivity contribution in [1.29, 1.82) is 0 Å². The van der Waals surface area contributed by atoms with Crippen molar-refractivity contribution in [2.24, 2.45) is 5.14 Å². The van der Waals surface area contributed by atoms with E-state index in [4.69, 9.17) is 5.14 Å². The molecule has 0 spiro atoms. The summed E-state index contributed by atoms with van der Waals surface area (Å²) in [6, 6.07) is 13.4. The molecule has 12 heteroatoms. The number of anilines is 2. The summed E-state index contributed by atoms with van der Waals surface area (Å²) in [6.07, 6.45) is 0.725. The van der Waals surface area contributed by atoms with Crippen molar-refractivity contribution < 1.29 is 13.2 Å². The number of rotatable bonds is 4. The third kappa shape index (κ3) is 3.64. The van der Waals surface area contributed by atoms with Crippen LogP contribution in [-0.2, 0) is 10.0 Å². The van der Waals surface area contributed by atoms with Gasteiger partial charge in [-0.2, -0.15) is 0 Å². The molecule has 2 N–H and O–H groups in total. The number of aromatic nitrogens is 3. The quantitative estimate of drug-likeness (QED) is 0.470. The van der Waals surface area contributed by atoms with Crippen molar-refractivity contribution in [3.63, 3.8) is 0 Å². The number of nitrogens with two attached hydrogens (primary N) is 1. The fraction of sp³-hybridized carbons (Fsp3) is 0.200. The zero-order valence-electron chi connectivity index (χ0n) is 16.9. The van der Waals surface area contributed by atoms with Gasteiger partial charge in [0.2, 0.25) is 10.0 Å². The smallest absolute Gasteiger partial charge is 0.294 e. The molecule has 0 atom stereocenters. The van der Waals surface area contributed by atoms with Gasteiger partial charge in [0, 0.05) is 24.3 Å². The predicted molar refractivity (Wildman–Crippen MR) is 126 cm³/mol. The number of hydrogen-bond acceptors (Lipinski definition) is 8. The van der Waals surface area contributed by atoms with E-state index in [2.05, 4.69) is 14.6 Å². The molecule has 0 aliphatic carbocycles. The van der Waals surface area contributed by atoms with E-state index < -0.39 is 10.0 Å². The number of urea groups is 1. The molecule has 32 heavy (non-hydrogen) atoms. The largest absolute Gasteiger partial charge is 0.330 e. The highest BCUT2D eigenvalue weighted by atomic mass is 32.2. The molecular weight excluding hydrogens is 468 g/mol. The third-order valence-electron chi connectivity index (χ3n) is 5.22. The van der Waals surface area contributed by atoms with Crippen LogP contribution in [0.1, 0.15) is 12.1 Å². The lowest BCUT2D eigenvalue weighted by atomic mass is 10.0. The van der Waals surface area contributed by atoms with Gasteiger partial charge in [0.05, 0.1) is 10.4 Å². The van der Waals surface area contributed by atoms with Crippen LogP contribution < -0.4 is 14.9 Å². The molecule has 0 saturated carbocycles. The van der Waals surface area contributed by atoms with Gasteiger partial charge >= 0.3 is 6.03 Å². The first-order valence-corrected chi connectivity index (χ1v) is 12.9. The number of hydrogen-bond donors (Lipinski definition) is 1. The Morgan fingerprint density at radius 2 is 1.81 bits per heavy atom. The summed E-state index contributed by atoms with van der Waals surface area (Å²) < 4.78 is 28.5. The van der Waals surface area contributed by atoms with Gasteiger partial charge in [0.15, 0.2) is 9.34 Å². The number of fused-ring (bicyclic) bond motifs is 1. The standard InChI is InChI=1S/C20H18N6O3S3/c1-12-18(32(21,28)29)30-19(22-12)26-11-3-10-25(20(26)27)14-8-6-13(7-9-14)15-4-2-5-16-17(15)31-24-23-16/h2,4-9H,3,10-11H2,1H3,(H2,21,28,29). The maximum absolute atomic E-state index is 13.2. The van der Waals surface area contributed by atoms with E-state index in [1.807, 2.05) is 42.5 Å². The molecule has 3 heterocycles. The number of nitrogens with zero attached hydrogens (tertiary/aromatic N) is 5. The number of primary sulfonamides is 1. The molecule has 4 aromatic rings. The van der Waals surface area contributed by atoms with Gasteiger partial charge in [0.25, 0.3) is 0 Å². The first-order valence-electron chi connectivity index (χ1n) is 9.74. The molecule has 2 amide bonds. The number of amides is 2. The van der Waals surface area contributed by atoms with Gasteiger partial charge in [0.1, 0.15) is 5.52 Å². The third-order valence-corrected chi connectivity index (χ3v) is 8.73. The highest BCUT2D eigenvalue weighted by Gasteiger charge is 2.31. The molecule has 1 saturated heterocycles. The van der Waals surface area contributed by atoms with Gasteiger partial charge < -0.3 is 0 Å². The monoisotopic (exact) mass is 486 g/mol. The summed E-state index contributed by atoms with van der Waals surface area (Å²) in [5.41, 5.74) is 3.98. The van der Waals surface area contributed by atoms with Crippen LogP contribution in [0.15, 0.2) is 46.7 Å². The van der Waals surface area contributed by atoms with Crippen molar-refractivity contribution >= 4 is 60.0 Å². The second-order valence-electron chi connectivity index (χ2n) is 7.33. The minimum Gasteiger partial charge on any atom is -0.294 e. The molecule has 5 rings (SSSR count). The lowest BCUT2D eigenvalue weighted by Gasteiger charge is -2.34. The van der Waals surface area contributed by atoms with E-state index in [-0.39, 0.29) is 10.2 Å². The van der Waals surface area contributed by atoms with E-state index >= 15 is 0 Å². The van der Waals surface area contributed by atoms with Crippen molar-refractivity contribution in [2.75, 3.05) is 22.9 Å². The van der Waals surface area contributed by atoms with E-state index in [1.165, 1.54) is 16.4 Å². The fourth-order valence-corrected chi connectivity index (χ4v) is 6.41. The summed E-state index contributed by atoms with van der Waals surface area (Å²) in [5.74, 6) is 0. The van der Waals surface area contributed by atoms with Gasteiger partial charge in [-0.25, -0.2) is 23.3 Å². The molecule has 0 unspecified atom stereocenters. The van der Waals surface area contributed by atoms with Crippen molar-refractivity contribution in [2.45, 2.75) is 17.6 Å². The molecule has 0 bridgehead atoms. The highest BCUT2D eigenvalue weighted by Crippen LogP contribution is 2.34. The van der Waals surface area contributed by atoms with Crippen LogP contribution in [0.5, 0.6) is 0 Å². The lowest BCUT2D eigenvalue weighted by Crippen LogP contribution is -2.49. The number of benzene rings is 2. The van der Waals surface area contributed by atoms with E-state index in [0.29, 0.717) is 23.9 Å². The van der Waals surface area contributed by atoms with Crippen molar-refractivity contribution in [1.82, 2.24) is 14.6 Å². The molecule has 1 fully saturated rings. The Balaban J connectivity index is 1.43. The molecule has 9 nitrogen and oxygen atoms in total. The molecule has 1 aliphatic rings. The minimum atomic E-state index is -3.88. The lowest BCUT2D eigenvalue weighted by molar-refractivity contribution is 0.248. The van der Waals surface area contributed by atoms with Gasteiger partial charge in [-0.1, -0.05) is 40.1 Å². The Labute approximate surface area is 192 Å². The molecular formula is C20H18N6O3S3. The fourth-order valence-electron chi connectivity index (χ4n) is 3.74.